The molecule has 1 aromatic carbocycles. The smallest absolute Gasteiger partial charge is 0.251 e. The number of hydrogen-bond donors (Lipinski definition) is 2. The summed E-state index contributed by atoms with van der Waals surface area (Å²) in [6.45, 7) is 7.86. The maximum atomic E-state index is 12.6. The molecule has 0 bridgehead atoms. The second kappa shape index (κ2) is 8.09. The first-order valence-corrected chi connectivity index (χ1v) is 9.68. The Hall–Kier alpha value is -1.44. The first-order valence-electron chi connectivity index (χ1n) is 8.24. The van der Waals surface area contributed by atoms with E-state index in [2.05, 4.69) is 5.32 Å². The number of hydrogen-bond acceptors (Lipinski definition) is 4. The lowest BCUT2D eigenvalue weighted by atomic mass is 9.92. The van der Waals surface area contributed by atoms with Gasteiger partial charge in [0.15, 0.2) is 0 Å². The zero-order valence-electron chi connectivity index (χ0n) is 15.2. The molecule has 0 aromatic heterocycles. The normalized spacial score (nSPS) is 12.7. The van der Waals surface area contributed by atoms with E-state index in [0.717, 1.165) is 0 Å². The van der Waals surface area contributed by atoms with Gasteiger partial charge in [0.1, 0.15) is 0 Å². The fourth-order valence-corrected chi connectivity index (χ4v) is 3.74. The zero-order chi connectivity index (χ0) is 18.5. The Morgan fingerprint density at radius 2 is 1.88 bits per heavy atom. The molecule has 0 heterocycles. The molecule has 0 radical (unpaired) electrons. The fraction of sp³-hybridized carbons (Fsp3) is 0.588. The summed E-state index contributed by atoms with van der Waals surface area (Å²) in [5.41, 5.74) is 5.65. The van der Waals surface area contributed by atoms with E-state index in [4.69, 9.17) is 5.73 Å². The maximum Gasteiger partial charge on any atom is 0.251 e. The highest BCUT2D eigenvalue weighted by Crippen LogP contribution is 2.19. The van der Waals surface area contributed by atoms with Gasteiger partial charge in [-0.25, -0.2) is 8.42 Å². The average Bonchev–Trinajstić information content (AvgIpc) is 2.58. The van der Waals surface area contributed by atoms with Crippen LogP contribution in [0, 0.1) is 0 Å². The minimum Gasteiger partial charge on any atom is -0.345 e. The lowest BCUT2D eigenvalue weighted by Gasteiger charge is -2.31. The van der Waals surface area contributed by atoms with Crippen molar-refractivity contribution in [1.29, 1.82) is 0 Å². The van der Waals surface area contributed by atoms with Crippen LogP contribution in [0.25, 0.3) is 0 Å². The fourth-order valence-electron chi connectivity index (χ4n) is 2.32. The summed E-state index contributed by atoms with van der Waals surface area (Å²) < 4.78 is 26.4. The summed E-state index contributed by atoms with van der Waals surface area (Å²) in [6, 6.07) is 5.93. The van der Waals surface area contributed by atoms with Crippen LogP contribution in [0.3, 0.4) is 0 Å². The van der Waals surface area contributed by atoms with E-state index in [1.54, 1.807) is 26.0 Å². The first kappa shape index (κ1) is 20.6. The van der Waals surface area contributed by atoms with Crippen LogP contribution >= 0.6 is 0 Å². The van der Waals surface area contributed by atoms with Crippen molar-refractivity contribution in [2.75, 3.05) is 13.6 Å². The molecule has 0 aliphatic carbocycles. The van der Waals surface area contributed by atoms with Crippen molar-refractivity contribution in [2.24, 2.45) is 5.73 Å². The molecule has 6 nitrogen and oxygen atoms in total. The van der Waals surface area contributed by atoms with E-state index in [1.807, 2.05) is 13.8 Å². The van der Waals surface area contributed by atoms with Crippen molar-refractivity contribution in [1.82, 2.24) is 9.62 Å². The van der Waals surface area contributed by atoms with Gasteiger partial charge in [0.25, 0.3) is 5.91 Å². The predicted octanol–water partition coefficient (Wildman–Crippen LogP) is 1.96. The molecule has 0 fully saturated rings. The van der Waals surface area contributed by atoms with Crippen molar-refractivity contribution in [3.05, 3.63) is 29.8 Å². The molecule has 0 unspecified atom stereocenters. The Morgan fingerprint density at radius 1 is 1.29 bits per heavy atom. The number of nitrogens with zero attached hydrogens (tertiary/aromatic N) is 1. The molecular weight excluding hydrogens is 326 g/mol. The standard InChI is InChI=1S/C17H29N3O3S/c1-6-17(7-2,12-18)19-16(21)14-9-8-10-15(11-14)24(22,23)20(5)13(3)4/h8-11,13H,6-7,12,18H2,1-5H3,(H,19,21). The second-order valence-electron chi connectivity index (χ2n) is 6.29. The molecule has 7 heteroatoms. The molecule has 1 amide bonds. The highest BCUT2D eigenvalue weighted by molar-refractivity contribution is 7.89. The SMILES string of the molecule is CCC(CC)(CN)NC(=O)c1cccc(S(=O)(=O)N(C)C(C)C)c1. The minimum atomic E-state index is -3.63. The van der Waals surface area contributed by atoms with Crippen LogP contribution in [0.15, 0.2) is 29.2 Å². The molecule has 0 aliphatic rings. The van der Waals surface area contributed by atoms with Crippen LogP contribution < -0.4 is 11.1 Å². The van der Waals surface area contributed by atoms with Crippen LogP contribution in [0.4, 0.5) is 0 Å². The number of nitrogens with one attached hydrogen (secondary N) is 1. The molecule has 1 rings (SSSR count). The van der Waals surface area contributed by atoms with Gasteiger partial charge in [-0.05, 0) is 44.9 Å². The van der Waals surface area contributed by atoms with Crippen molar-refractivity contribution in [2.45, 2.75) is 57.0 Å². The van der Waals surface area contributed by atoms with Crippen LogP contribution in [0.1, 0.15) is 50.9 Å². The Balaban J connectivity index is 3.15. The molecular formula is C17H29N3O3S. The number of carbonyl (C=O) groups is 1. The number of carbonyl (C=O) groups excluding carboxylic acids is 1. The summed E-state index contributed by atoms with van der Waals surface area (Å²) >= 11 is 0. The van der Waals surface area contributed by atoms with Gasteiger partial charge in [-0.15, -0.1) is 0 Å². The van der Waals surface area contributed by atoms with E-state index in [0.29, 0.717) is 24.9 Å². The van der Waals surface area contributed by atoms with Gasteiger partial charge in [0.2, 0.25) is 10.0 Å². The van der Waals surface area contributed by atoms with Gasteiger partial charge >= 0.3 is 0 Å². The van der Waals surface area contributed by atoms with Crippen molar-refractivity contribution in [3.63, 3.8) is 0 Å². The summed E-state index contributed by atoms with van der Waals surface area (Å²) in [7, 11) is -2.10. The predicted molar refractivity (Wildman–Crippen MR) is 96.4 cm³/mol. The number of amides is 1. The number of sulfonamides is 1. The highest BCUT2D eigenvalue weighted by atomic mass is 32.2. The molecule has 136 valence electrons. The van der Waals surface area contributed by atoms with Gasteiger partial charge in [-0.2, -0.15) is 4.31 Å². The quantitative estimate of drug-likeness (QED) is 0.745. The van der Waals surface area contributed by atoms with E-state index < -0.39 is 15.6 Å². The average molecular weight is 356 g/mol. The van der Waals surface area contributed by atoms with E-state index >= 15 is 0 Å². The Morgan fingerprint density at radius 3 is 2.33 bits per heavy atom. The van der Waals surface area contributed by atoms with Gasteiger partial charge in [-0.3, -0.25) is 4.79 Å². The van der Waals surface area contributed by atoms with Crippen LogP contribution in [-0.4, -0.2) is 43.8 Å². The zero-order valence-corrected chi connectivity index (χ0v) is 16.0. The van der Waals surface area contributed by atoms with Gasteiger partial charge in [0.05, 0.1) is 10.4 Å². The van der Waals surface area contributed by atoms with Crippen molar-refractivity contribution < 1.29 is 13.2 Å². The highest BCUT2D eigenvalue weighted by Gasteiger charge is 2.28. The third kappa shape index (κ3) is 4.34. The third-order valence-electron chi connectivity index (χ3n) is 4.62. The van der Waals surface area contributed by atoms with Gasteiger partial charge in [0, 0.05) is 25.2 Å². The number of nitrogens with two attached hydrogens (primary N) is 1. The van der Waals surface area contributed by atoms with E-state index in [-0.39, 0.29) is 16.8 Å². The van der Waals surface area contributed by atoms with Crippen LogP contribution in [-0.2, 0) is 10.0 Å². The van der Waals surface area contributed by atoms with Crippen molar-refractivity contribution >= 4 is 15.9 Å². The molecule has 0 aliphatic heterocycles. The molecule has 0 saturated carbocycles. The Labute approximate surface area is 145 Å². The first-order chi connectivity index (χ1) is 11.1. The lowest BCUT2D eigenvalue weighted by molar-refractivity contribution is 0.0895. The molecule has 0 atom stereocenters. The monoisotopic (exact) mass is 355 g/mol. The van der Waals surface area contributed by atoms with Crippen LogP contribution in [0.2, 0.25) is 0 Å². The third-order valence-corrected chi connectivity index (χ3v) is 6.65. The second-order valence-corrected chi connectivity index (χ2v) is 8.29. The summed E-state index contributed by atoms with van der Waals surface area (Å²) in [5.74, 6) is -0.312. The topological polar surface area (TPSA) is 92.5 Å². The molecule has 0 spiro atoms. The minimum absolute atomic E-state index is 0.109. The van der Waals surface area contributed by atoms with Gasteiger partial charge < -0.3 is 11.1 Å². The van der Waals surface area contributed by atoms with Crippen molar-refractivity contribution in [3.8, 4) is 0 Å². The Kier molecular flexibility index (Phi) is 6.95. The lowest BCUT2D eigenvalue weighted by Crippen LogP contribution is -2.52. The van der Waals surface area contributed by atoms with Crippen LogP contribution in [0.5, 0.6) is 0 Å². The molecule has 1 aromatic rings. The number of benzene rings is 1. The largest absolute Gasteiger partial charge is 0.345 e. The summed E-state index contributed by atoms with van der Waals surface area (Å²) in [6.07, 6.45) is 1.42. The summed E-state index contributed by atoms with van der Waals surface area (Å²) in [4.78, 5) is 12.7. The van der Waals surface area contributed by atoms with E-state index in [1.165, 1.54) is 23.5 Å². The Bertz CT molecular complexity index is 659. The number of rotatable bonds is 8. The van der Waals surface area contributed by atoms with Gasteiger partial charge in [-0.1, -0.05) is 19.9 Å². The molecule has 3 N–H and O–H groups in total. The maximum absolute atomic E-state index is 12.6. The molecule has 0 saturated heterocycles. The van der Waals surface area contributed by atoms with E-state index in [9.17, 15) is 13.2 Å². The summed E-state index contributed by atoms with van der Waals surface area (Å²) in [5, 5.41) is 2.95. The molecule has 24 heavy (non-hydrogen) atoms.